The van der Waals surface area contributed by atoms with Crippen LogP contribution in [0.5, 0.6) is 0 Å². The van der Waals surface area contributed by atoms with Crippen LogP contribution >= 0.6 is 15.9 Å². The van der Waals surface area contributed by atoms with Crippen molar-refractivity contribution in [3.8, 4) is 5.69 Å². The normalized spacial score (nSPS) is 12.1. The van der Waals surface area contributed by atoms with E-state index >= 15 is 0 Å². The highest BCUT2D eigenvalue weighted by Gasteiger charge is 2.18. The fourth-order valence-electron chi connectivity index (χ4n) is 2.46. The third-order valence-corrected chi connectivity index (χ3v) is 4.11. The van der Waals surface area contributed by atoms with Crippen LogP contribution in [-0.4, -0.2) is 15.7 Å². The lowest BCUT2D eigenvalue weighted by Crippen LogP contribution is -2.26. The van der Waals surface area contributed by atoms with Crippen molar-refractivity contribution in [2.24, 2.45) is 0 Å². The summed E-state index contributed by atoms with van der Waals surface area (Å²) in [5, 5.41) is 7.39. The quantitative estimate of drug-likeness (QED) is 0.750. The first-order chi connectivity index (χ1) is 11.1. The Morgan fingerprint density at radius 2 is 2.09 bits per heavy atom. The summed E-state index contributed by atoms with van der Waals surface area (Å²) < 4.78 is 7.50. The van der Waals surface area contributed by atoms with Gasteiger partial charge in [-0.2, -0.15) is 5.10 Å². The summed E-state index contributed by atoms with van der Waals surface area (Å²) in [4.78, 5) is 12.2. The summed E-state index contributed by atoms with van der Waals surface area (Å²) in [6.45, 7) is 3.93. The Hall–Kier alpha value is -2.34. The van der Waals surface area contributed by atoms with Crippen LogP contribution < -0.4 is 5.32 Å². The molecule has 1 amide bonds. The van der Waals surface area contributed by atoms with E-state index < -0.39 is 0 Å². The first-order valence-corrected chi connectivity index (χ1v) is 8.00. The summed E-state index contributed by atoms with van der Waals surface area (Å²) in [5.41, 5.74) is 3.45. The Morgan fingerprint density at radius 3 is 2.74 bits per heavy atom. The molecule has 0 radical (unpaired) electrons. The van der Waals surface area contributed by atoms with E-state index in [4.69, 9.17) is 4.42 Å². The zero-order valence-electron chi connectivity index (χ0n) is 12.8. The maximum atomic E-state index is 12.2. The Labute approximate surface area is 142 Å². The molecule has 2 aromatic heterocycles. The predicted octanol–water partition coefficient (Wildman–Crippen LogP) is 4.03. The second-order valence-electron chi connectivity index (χ2n) is 5.27. The molecule has 1 aromatic carbocycles. The van der Waals surface area contributed by atoms with Crippen molar-refractivity contribution in [1.29, 1.82) is 0 Å². The molecule has 1 unspecified atom stereocenters. The fourth-order valence-corrected chi connectivity index (χ4v) is 2.80. The number of nitrogens with zero attached hydrogens (tertiary/aromatic N) is 2. The van der Waals surface area contributed by atoms with Crippen molar-refractivity contribution >= 4 is 21.8 Å². The molecule has 0 saturated carbocycles. The van der Waals surface area contributed by atoms with E-state index in [9.17, 15) is 4.79 Å². The molecular formula is C17H16BrN3O2. The standard InChI is InChI=1S/C17H16BrN3O2/c1-11(20-17(22)13-8-16(18)23-10-13)15-9-19-21(12(15)2)14-6-4-3-5-7-14/h3-11H,1-2H3,(H,20,22). The maximum Gasteiger partial charge on any atom is 0.255 e. The number of benzene rings is 1. The van der Waals surface area contributed by atoms with Gasteiger partial charge >= 0.3 is 0 Å². The van der Waals surface area contributed by atoms with E-state index in [1.165, 1.54) is 6.26 Å². The van der Waals surface area contributed by atoms with Gasteiger partial charge in [0.1, 0.15) is 6.26 Å². The molecule has 6 heteroatoms. The summed E-state index contributed by atoms with van der Waals surface area (Å²) in [6.07, 6.45) is 3.21. The number of hydrogen-bond acceptors (Lipinski definition) is 3. The average molecular weight is 374 g/mol. The van der Waals surface area contributed by atoms with Crippen LogP contribution in [0.3, 0.4) is 0 Å². The first-order valence-electron chi connectivity index (χ1n) is 7.21. The molecule has 1 atom stereocenters. The number of carbonyl (C=O) groups is 1. The molecule has 0 aliphatic rings. The zero-order chi connectivity index (χ0) is 16.4. The highest BCUT2D eigenvalue weighted by Crippen LogP contribution is 2.21. The van der Waals surface area contributed by atoms with Crippen molar-refractivity contribution in [3.05, 3.63) is 70.3 Å². The zero-order valence-corrected chi connectivity index (χ0v) is 14.4. The summed E-state index contributed by atoms with van der Waals surface area (Å²) in [7, 11) is 0. The third kappa shape index (κ3) is 3.22. The van der Waals surface area contributed by atoms with E-state index in [0.717, 1.165) is 16.9 Å². The number of nitrogens with one attached hydrogen (secondary N) is 1. The smallest absolute Gasteiger partial charge is 0.255 e. The minimum Gasteiger partial charge on any atom is -0.457 e. The molecular weight excluding hydrogens is 358 g/mol. The minimum absolute atomic E-state index is 0.159. The van der Waals surface area contributed by atoms with Gasteiger partial charge in [-0.3, -0.25) is 4.79 Å². The largest absolute Gasteiger partial charge is 0.457 e. The Balaban J connectivity index is 1.79. The third-order valence-electron chi connectivity index (χ3n) is 3.69. The second kappa shape index (κ2) is 6.42. The van der Waals surface area contributed by atoms with Gasteiger partial charge in [-0.05, 0) is 41.9 Å². The molecule has 3 aromatic rings. The van der Waals surface area contributed by atoms with Crippen molar-refractivity contribution in [2.45, 2.75) is 19.9 Å². The lowest BCUT2D eigenvalue weighted by atomic mass is 10.1. The van der Waals surface area contributed by atoms with Gasteiger partial charge < -0.3 is 9.73 Å². The number of aromatic nitrogens is 2. The van der Waals surface area contributed by atoms with Gasteiger partial charge in [-0.15, -0.1) is 0 Å². The number of halogens is 1. The van der Waals surface area contributed by atoms with Gasteiger partial charge in [0, 0.05) is 17.3 Å². The summed E-state index contributed by atoms with van der Waals surface area (Å²) in [5.74, 6) is -0.182. The second-order valence-corrected chi connectivity index (χ2v) is 6.05. The van der Waals surface area contributed by atoms with Crippen LogP contribution in [0.4, 0.5) is 0 Å². The van der Waals surface area contributed by atoms with Gasteiger partial charge in [0.05, 0.1) is 23.5 Å². The number of carbonyl (C=O) groups excluding carboxylic acids is 1. The molecule has 3 rings (SSSR count). The highest BCUT2D eigenvalue weighted by molar-refractivity contribution is 9.10. The molecule has 5 nitrogen and oxygen atoms in total. The van der Waals surface area contributed by atoms with E-state index in [0.29, 0.717) is 10.2 Å². The van der Waals surface area contributed by atoms with E-state index in [1.807, 2.05) is 48.9 Å². The topological polar surface area (TPSA) is 60.1 Å². The number of para-hydroxylation sites is 1. The van der Waals surface area contributed by atoms with Crippen LogP contribution in [0.2, 0.25) is 0 Å². The summed E-state index contributed by atoms with van der Waals surface area (Å²) in [6, 6.07) is 11.4. The monoisotopic (exact) mass is 373 g/mol. The van der Waals surface area contributed by atoms with Crippen LogP contribution in [0.1, 0.15) is 34.6 Å². The maximum absolute atomic E-state index is 12.2. The molecule has 1 N–H and O–H groups in total. The lowest BCUT2D eigenvalue weighted by molar-refractivity contribution is 0.0939. The molecule has 118 valence electrons. The van der Waals surface area contributed by atoms with Gasteiger partial charge in [-0.1, -0.05) is 18.2 Å². The van der Waals surface area contributed by atoms with Gasteiger partial charge in [-0.25, -0.2) is 4.68 Å². The van der Waals surface area contributed by atoms with Crippen molar-refractivity contribution in [2.75, 3.05) is 0 Å². The molecule has 0 spiro atoms. The van der Waals surface area contributed by atoms with Crippen molar-refractivity contribution < 1.29 is 9.21 Å². The van der Waals surface area contributed by atoms with Crippen LogP contribution in [0.15, 0.2) is 57.9 Å². The highest BCUT2D eigenvalue weighted by atomic mass is 79.9. The minimum atomic E-state index is -0.182. The molecule has 0 fully saturated rings. The molecule has 0 bridgehead atoms. The number of furan rings is 1. The van der Waals surface area contributed by atoms with E-state index in [1.54, 1.807) is 12.3 Å². The van der Waals surface area contributed by atoms with Gasteiger partial charge in [0.2, 0.25) is 0 Å². The molecule has 2 heterocycles. The van der Waals surface area contributed by atoms with Crippen LogP contribution in [0.25, 0.3) is 5.69 Å². The summed E-state index contributed by atoms with van der Waals surface area (Å²) >= 11 is 3.19. The lowest BCUT2D eigenvalue weighted by Gasteiger charge is -2.13. The van der Waals surface area contributed by atoms with Crippen molar-refractivity contribution in [3.63, 3.8) is 0 Å². The first kappa shape index (κ1) is 15.6. The molecule has 23 heavy (non-hydrogen) atoms. The number of hydrogen-bond donors (Lipinski definition) is 1. The van der Waals surface area contributed by atoms with Crippen LogP contribution in [-0.2, 0) is 0 Å². The average Bonchev–Trinajstić information content (AvgIpc) is 3.14. The Bertz CT molecular complexity index is 823. The van der Waals surface area contributed by atoms with Crippen molar-refractivity contribution in [1.82, 2.24) is 15.1 Å². The number of amides is 1. The Kier molecular flexibility index (Phi) is 4.34. The fraction of sp³-hybridized carbons (Fsp3) is 0.176. The molecule has 0 aliphatic heterocycles. The van der Waals surface area contributed by atoms with E-state index in [2.05, 4.69) is 26.3 Å². The van der Waals surface area contributed by atoms with E-state index in [-0.39, 0.29) is 11.9 Å². The number of rotatable bonds is 4. The SMILES string of the molecule is Cc1c(C(C)NC(=O)c2coc(Br)c2)cnn1-c1ccccc1. The Morgan fingerprint density at radius 1 is 1.35 bits per heavy atom. The van der Waals surface area contributed by atoms with Gasteiger partial charge in [0.25, 0.3) is 5.91 Å². The van der Waals surface area contributed by atoms with Gasteiger partial charge in [0.15, 0.2) is 4.67 Å². The molecule has 0 aliphatic carbocycles. The predicted molar refractivity (Wildman–Crippen MR) is 90.6 cm³/mol. The molecule has 0 saturated heterocycles. The van der Waals surface area contributed by atoms with Crippen LogP contribution in [0, 0.1) is 6.92 Å².